The molecule has 19 heavy (non-hydrogen) atoms. The maximum atomic E-state index is 12.1. The Labute approximate surface area is 125 Å². The van der Waals surface area contributed by atoms with Crippen molar-refractivity contribution in [1.82, 2.24) is 4.98 Å². The highest BCUT2D eigenvalue weighted by molar-refractivity contribution is 9.10. The summed E-state index contributed by atoms with van der Waals surface area (Å²) in [5.74, 6) is 1.73. The molecule has 1 atom stereocenters. The number of pyridine rings is 1. The standard InChI is InChI=1S/C13H15BrN2O2S/c1-8-3-4-11(14)15-13(8)16-6-10(5-12(16)18)7-19-9(2)17/h3-4,10H,5-7H2,1-2H3. The first-order valence-corrected chi connectivity index (χ1v) is 7.82. The molecule has 102 valence electrons. The molecule has 0 aliphatic carbocycles. The van der Waals surface area contributed by atoms with Gasteiger partial charge in [-0.1, -0.05) is 17.8 Å². The summed E-state index contributed by atoms with van der Waals surface area (Å²) >= 11 is 4.62. The first-order chi connectivity index (χ1) is 8.97. The average Bonchev–Trinajstić information content (AvgIpc) is 2.71. The van der Waals surface area contributed by atoms with Crippen LogP contribution in [0.3, 0.4) is 0 Å². The summed E-state index contributed by atoms with van der Waals surface area (Å²) in [5.41, 5.74) is 0.983. The highest BCUT2D eigenvalue weighted by Gasteiger charge is 2.32. The zero-order valence-electron chi connectivity index (χ0n) is 10.9. The van der Waals surface area contributed by atoms with Crippen LogP contribution in [0.2, 0.25) is 0 Å². The summed E-state index contributed by atoms with van der Waals surface area (Å²) in [7, 11) is 0. The molecule has 1 aliphatic heterocycles. The molecule has 0 aromatic carbocycles. The number of aromatic nitrogens is 1. The molecule has 1 fully saturated rings. The van der Waals surface area contributed by atoms with E-state index >= 15 is 0 Å². The lowest BCUT2D eigenvalue weighted by molar-refractivity contribution is -0.117. The van der Waals surface area contributed by atoms with Gasteiger partial charge in [-0.05, 0) is 40.4 Å². The van der Waals surface area contributed by atoms with Crippen LogP contribution >= 0.6 is 27.7 Å². The second kappa shape index (κ2) is 6.05. The van der Waals surface area contributed by atoms with Crippen LogP contribution in [-0.4, -0.2) is 28.3 Å². The van der Waals surface area contributed by atoms with Gasteiger partial charge in [-0.2, -0.15) is 0 Å². The Morgan fingerprint density at radius 2 is 2.32 bits per heavy atom. The highest BCUT2D eigenvalue weighted by Crippen LogP contribution is 2.29. The number of amides is 1. The molecule has 1 saturated heterocycles. The van der Waals surface area contributed by atoms with Gasteiger partial charge in [0, 0.05) is 25.6 Å². The number of nitrogens with zero attached hydrogens (tertiary/aromatic N) is 2. The van der Waals surface area contributed by atoms with Crippen molar-refractivity contribution < 1.29 is 9.59 Å². The molecule has 0 N–H and O–H groups in total. The largest absolute Gasteiger partial charge is 0.296 e. The number of anilines is 1. The van der Waals surface area contributed by atoms with Crippen LogP contribution in [0.25, 0.3) is 0 Å². The third-order valence-corrected chi connectivity index (χ3v) is 4.51. The Kier molecular flexibility index (Phi) is 4.62. The second-order valence-electron chi connectivity index (χ2n) is 4.65. The van der Waals surface area contributed by atoms with Crippen molar-refractivity contribution in [1.29, 1.82) is 0 Å². The minimum absolute atomic E-state index is 0.0860. The van der Waals surface area contributed by atoms with Gasteiger partial charge in [0.1, 0.15) is 10.4 Å². The molecule has 1 amide bonds. The summed E-state index contributed by atoms with van der Waals surface area (Å²) in [5, 5.41) is 0.0997. The van der Waals surface area contributed by atoms with Gasteiger partial charge in [-0.3, -0.25) is 14.5 Å². The monoisotopic (exact) mass is 342 g/mol. The SMILES string of the molecule is CC(=O)SCC1CC(=O)N(c2nc(Br)ccc2C)C1. The second-order valence-corrected chi connectivity index (χ2v) is 6.66. The lowest BCUT2D eigenvalue weighted by Crippen LogP contribution is -2.26. The summed E-state index contributed by atoms with van der Waals surface area (Å²) in [6.07, 6.45) is 0.494. The minimum Gasteiger partial charge on any atom is -0.296 e. The van der Waals surface area contributed by atoms with Gasteiger partial charge in [0.2, 0.25) is 5.91 Å². The number of carbonyl (C=O) groups excluding carboxylic acids is 2. The first kappa shape index (κ1) is 14.5. The number of halogens is 1. The predicted molar refractivity (Wildman–Crippen MR) is 80.3 cm³/mol. The van der Waals surface area contributed by atoms with Crippen LogP contribution in [0, 0.1) is 12.8 Å². The molecule has 1 unspecified atom stereocenters. The molecule has 4 nitrogen and oxygen atoms in total. The van der Waals surface area contributed by atoms with Crippen molar-refractivity contribution in [3.63, 3.8) is 0 Å². The molecule has 0 saturated carbocycles. The van der Waals surface area contributed by atoms with Gasteiger partial charge < -0.3 is 0 Å². The molecule has 0 spiro atoms. The van der Waals surface area contributed by atoms with Crippen LogP contribution in [0.4, 0.5) is 5.82 Å². The maximum absolute atomic E-state index is 12.1. The van der Waals surface area contributed by atoms with Crippen molar-refractivity contribution in [2.75, 3.05) is 17.2 Å². The third-order valence-electron chi connectivity index (χ3n) is 3.02. The lowest BCUT2D eigenvalue weighted by Gasteiger charge is -2.18. The molecular weight excluding hydrogens is 328 g/mol. The lowest BCUT2D eigenvalue weighted by atomic mass is 10.1. The van der Waals surface area contributed by atoms with E-state index in [1.54, 1.807) is 11.8 Å². The van der Waals surface area contributed by atoms with Crippen LogP contribution in [0.1, 0.15) is 18.9 Å². The number of carbonyl (C=O) groups is 2. The Morgan fingerprint density at radius 3 is 3.00 bits per heavy atom. The van der Waals surface area contributed by atoms with Gasteiger partial charge in [0.15, 0.2) is 5.12 Å². The topological polar surface area (TPSA) is 50.3 Å². The molecule has 1 aromatic rings. The average molecular weight is 343 g/mol. The normalized spacial score (nSPS) is 19.0. The zero-order valence-corrected chi connectivity index (χ0v) is 13.3. The quantitative estimate of drug-likeness (QED) is 0.792. The van der Waals surface area contributed by atoms with Gasteiger partial charge >= 0.3 is 0 Å². The van der Waals surface area contributed by atoms with E-state index in [9.17, 15) is 9.59 Å². The Bertz CT molecular complexity index is 521. The van der Waals surface area contributed by atoms with Crippen LogP contribution < -0.4 is 4.90 Å². The first-order valence-electron chi connectivity index (χ1n) is 6.04. The number of hydrogen-bond acceptors (Lipinski definition) is 4. The minimum atomic E-state index is 0.0860. The maximum Gasteiger partial charge on any atom is 0.228 e. The van der Waals surface area contributed by atoms with E-state index in [0.29, 0.717) is 18.7 Å². The summed E-state index contributed by atoms with van der Waals surface area (Å²) in [6.45, 7) is 4.14. The molecule has 2 rings (SSSR count). The van der Waals surface area contributed by atoms with E-state index in [1.807, 2.05) is 19.1 Å². The highest BCUT2D eigenvalue weighted by atomic mass is 79.9. The molecular formula is C13H15BrN2O2S. The number of rotatable bonds is 3. The predicted octanol–water partition coefficient (Wildman–Crippen LogP) is 2.79. The molecule has 6 heteroatoms. The fourth-order valence-corrected chi connectivity index (χ4v) is 3.10. The Morgan fingerprint density at radius 1 is 1.58 bits per heavy atom. The molecule has 2 heterocycles. The van der Waals surface area contributed by atoms with E-state index in [4.69, 9.17) is 0 Å². The van der Waals surface area contributed by atoms with E-state index < -0.39 is 0 Å². The van der Waals surface area contributed by atoms with E-state index in [-0.39, 0.29) is 16.9 Å². The van der Waals surface area contributed by atoms with Crippen molar-refractivity contribution >= 4 is 44.5 Å². The molecule has 0 bridgehead atoms. The van der Waals surface area contributed by atoms with Crippen molar-refractivity contribution in [3.8, 4) is 0 Å². The Hall–Kier alpha value is -0.880. The number of aryl methyl sites for hydroxylation is 1. The van der Waals surface area contributed by atoms with Gasteiger partial charge in [-0.25, -0.2) is 4.98 Å². The number of thioether (sulfide) groups is 1. The zero-order chi connectivity index (χ0) is 14.0. The van der Waals surface area contributed by atoms with Crippen LogP contribution in [0.5, 0.6) is 0 Å². The van der Waals surface area contributed by atoms with E-state index in [2.05, 4.69) is 20.9 Å². The van der Waals surface area contributed by atoms with Gasteiger partial charge in [-0.15, -0.1) is 0 Å². The van der Waals surface area contributed by atoms with E-state index in [0.717, 1.165) is 16.0 Å². The van der Waals surface area contributed by atoms with Crippen molar-refractivity contribution in [2.45, 2.75) is 20.3 Å². The molecule has 0 radical (unpaired) electrons. The summed E-state index contributed by atoms with van der Waals surface area (Å²) in [4.78, 5) is 29.2. The van der Waals surface area contributed by atoms with Gasteiger partial charge in [0.05, 0.1) is 0 Å². The van der Waals surface area contributed by atoms with Crippen molar-refractivity contribution in [3.05, 3.63) is 22.3 Å². The molecule has 1 aromatic heterocycles. The fourth-order valence-electron chi connectivity index (χ4n) is 2.10. The summed E-state index contributed by atoms with van der Waals surface area (Å²) in [6, 6.07) is 3.81. The molecule has 1 aliphatic rings. The fraction of sp³-hybridized carbons (Fsp3) is 0.462. The number of hydrogen-bond donors (Lipinski definition) is 0. The van der Waals surface area contributed by atoms with Crippen molar-refractivity contribution in [2.24, 2.45) is 5.92 Å². The van der Waals surface area contributed by atoms with E-state index in [1.165, 1.54) is 11.8 Å². The smallest absolute Gasteiger partial charge is 0.228 e. The Balaban J connectivity index is 2.11. The van der Waals surface area contributed by atoms with Crippen LogP contribution in [-0.2, 0) is 9.59 Å². The third kappa shape index (κ3) is 3.57. The van der Waals surface area contributed by atoms with Crippen LogP contribution in [0.15, 0.2) is 16.7 Å². The summed E-state index contributed by atoms with van der Waals surface area (Å²) < 4.78 is 0.725. The van der Waals surface area contributed by atoms with Gasteiger partial charge in [0.25, 0.3) is 0 Å².